The van der Waals surface area contributed by atoms with Crippen molar-refractivity contribution in [1.82, 2.24) is 5.48 Å². The Morgan fingerprint density at radius 2 is 2.12 bits per heavy atom. The molecule has 0 aromatic heterocycles. The first-order chi connectivity index (χ1) is 7.54. The van der Waals surface area contributed by atoms with Crippen LogP contribution in [0.4, 0.5) is 0 Å². The van der Waals surface area contributed by atoms with Crippen LogP contribution in [0, 0.1) is 7.14 Å². The van der Waals surface area contributed by atoms with Crippen LogP contribution in [-0.2, 0) is 0 Å². The molecule has 16 heavy (non-hydrogen) atoms. The molecule has 0 saturated heterocycles. The molecule has 86 valence electrons. The van der Waals surface area contributed by atoms with E-state index in [2.05, 4.69) is 32.8 Å². The molecule has 0 radical (unpaired) electrons. The molecular formula is C8H8I2N4O2. The summed E-state index contributed by atoms with van der Waals surface area (Å²) < 4.78 is 1.70. The highest BCUT2D eigenvalue weighted by Gasteiger charge is 2.04. The Hall–Kier alpha value is -0.620. The molecule has 0 atom stereocenters. The summed E-state index contributed by atoms with van der Waals surface area (Å²) in [5.74, 6) is -0.0911. The molecule has 0 aliphatic rings. The normalized spacial score (nSPS) is 12.1. The van der Waals surface area contributed by atoms with Crippen LogP contribution in [-0.4, -0.2) is 22.5 Å². The monoisotopic (exact) mass is 446 g/mol. The van der Waals surface area contributed by atoms with Gasteiger partial charge in [0.25, 0.3) is 0 Å². The van der Waals surface area contributed by atoms with Crippen LogP contribution in [0.3, 0.4) is 0 Å². The fraction of sp³-hybridized carbons (Fsp3) is 0. The number of rotatable bonds is 2. The highest BCUT2D eigenvalue weighted by Crippen LogP contribution is 2.25. The number of nitrogens with one attached hydrogen (secondary N) is 1. The van der Waals surface area contributed by atoms with Crippen molar-refractivity contribution in [3.05, 3.63) is 24.8 Å². The van der Waals surface area contributed by atoms with Gasteiger partial charge in [0.1, 0.15) is 5.75 Å². The SMILES string of the molecule is N/C(=N\N=C\c1cc(I)cc(I)c1O)NO. The zero-order valence-corrected chi connectivity index (χ0v) is 12.2. The van der Waals surface area contributed by atoms with Crippen molar-refractivity contribution in [1.29, 1.82) is 0 Å². The standard InChI is InChI=1S/C8H8I2N4O2/c9-5-1-4(7(15)6(10)2-5)3-12-13-8(11)14-16/h1-3,15-16H,(H3,11,13,14)/b12-3+. The number of hydroxylamine groups is 1. The lowest BCUT2D eigenvalue weighted by molar-refractivity contribution is 0.232. The molecule has 1 aromatic rings. The largest absolute Gasteiger partial charge is 0.506 e. The molecule has 0 bridgehead atoms. The second-order valence-corrected chi connectivity index (χ2v) is 5.07. The van der Waals surface area contributed by atoms with Gasteiger partial charge in [-0.25, -0.2) is 5.48 Å². The number of hydrogen-bond donors (Lipinski definition) is 4. The molecule has 0 amide bonds. The van der Waals surface area contributed by atoms with E-state index in [4.69, 9.17) is 10.9 Å². The van der Waals surface area contributed by atoms with Crippen LogP contribution in [0.1, 0.15) is 5.56 Å². The maximum absolute atomic E-state index is 9.70. The van der Waals surface area contributed by atoms with Crippen molar-refractivity contribution in [2.45, 2.75) is 0 Å². The molecular weight excluding hydrogens is 438 g/mol. The van der Waals surface area contributed by atoms with Gasteiger partial charge in [-0.05, 0) is 57.3 Å². The Bertz CT molecular complexity index is 448. The third-order valence-corrected chi connectivity index (χ3v) is 2.98. The number of phenolic OH excluding ortho intramolecular Hbond substituents is 1. The maximum atomic E-state index is 9.70. The van der Waals surface area contributed by atoms with Crippen molar-refractivity contribution >= 4 is 57.4 Å². The van der Waals surface area contributed by atoms with E-state index in [9.17, 15) is 5.11 Å². The van der Waals surface area contributed by atoms with E-state index in [-0.39, 0.29) is 11.7 Å². The van der Waals surface area contributed by atoms with E-state index >= 15 is 0 Å². The number of hydrogen-bond acceptors (Lipinski definition) is 4. The van der Waals surface area contributed by atoms with Crippen LogP contribution in [0.15, 0.2) is 22.3 Å². The summed E-state index contributed by atoms with van der Waals surface area (Å²) in [7, 11) is 0. The molecule has 0 aliphatic heterocycles. The molecule has 0 heterocycles. The molecule has 1 aromatic carbocycles. The van der Waals surface area contributed by atoms with Gasteiger partial charge in [-0.1, -0.05) is 0 Å². The summed E-state index contributed by atoms with van der Waals surface area (Å²) in [6.45, 7) is 0. The second kappa shape index (κ2) is 6.20. The molecule has 0 spiro atoms. The van der Waals surface area contributed by atoms with E-state index in [0.717, 1.165) is 7.14 Å². The van der Waals surface area contributed by atoms with E-state index in [1.807, 2.05) is 28.7 Å². The molecule has 6 nitrogen and oxygen atoms in total. The van der Waals surface area contributed by atoms with Crippen LogP contribution >= 0.6 is 45.2 Å². The average Bonchev–Trinajstić information content (AvgIpc) is 2.24. The van der Waals surface area contributed by atoms with Crippen LogP contribution < -0.4 is 11.2 Å². The topological polar surface area (TPSA) is 103 Å². The van der Waals surface area contributed by atoms with Gasteiger partial charge in [-0.3, -0.25) is 5.21 Å². The number of benzene rings is 1. The fourth-order valence-corrected chi connectivity index (χ4v) is 2.75. The molecule has 0 unspecified atom stereocenters. The third-order valence-electron chi connectivity index (χ3n) is 1.53. The first-order valence-corrected chi connectivity index (χ1v) is 6.15. The zero-order chi connectivity index (χ0) is 12.1. The molecule has 8 heteroatoms. The van der Waals surface area contributed by atoms with Gasteiger partial charge in [-0.15, -0.1) is 5.10 Å². The van der Waals surface area contributed by atoms with Gasteiger partial charge in [0.2, 0.25) is 5.96 Å². The highest BCUT2D eigenvalue weighted by molar-refractivity contribution is 14.1. The minimum Gasteiger partial charge on any atom is -0.506 e. The van der Waals surface area contributed by atoms with Gasteiger partial charge in [0.15, 0.2) is 0 Å². The number of halogens is 2. The lowest BCUT2D eigenvalue weighted by Gasteiger charge is -2.01. The Labute approximate surface area is 119 Å². The van der Waals surface area contributed by atoms with E-state index in [1.54, 1.807) is 11.5 Å². The number of nitrogens with zero attached hydrogens (tertiary/aromatic N) is 2. The fourth-order valence-electron chi connectivity index (χ4n) is 0.860. The smallest absolute Gasteiger partial charge is 0.237 e. The second-order valence-electron chi connectivity index (χ2n) is 2.67. The average molecular weight is 446 g/mol. The predicted octanol–water partition coefficient (Wildman–Crippen LogP) is 1.23. The van der Waals surface area contributed by atoms with Crippen molar-refractivity contribution in [2.75, 3.05) is 0 Å². The lowest BCUT2D eigenvalue weighted by Crippen LogP contribution is -2.27. The molecule has 0 fully saturated rings. The quantitative estimate of drug-likeness (QED) is 0.238. The van der Waals surface area contributed by atoms with Crippen LogP contribution in [0.5, 0.6) is 5.75 Å². The third kappa shape index (κ3) is 3.75. The summed E-state index contributed by atoms with van der Waals surface area (Å²) in [5, 5.41) is 25.1. The number of aromatic hydroxyl groups is 1. The van der Waals surface area contributed by atoms with Gasteiger partial charge in [-0.2, -0.15) is 5.10 Å². The Balaban J connectivity index is 2.97. The summed E-state index contributed by atoms with van der Waals surface area (Å²) >= 11 is 4.15. The Morgan fingerprint density at radius 1 is 1.44 bits per heavy atom. The molecule has 0 aliphatic carbocycles. The Morgan fingerprint density at radius 3 is 2.75 bits per heavy atom. The van der Waals surface area contributed by atoms with Crippen LogP contribution in [0.25, 0.3) is 0 Å². The Kier molecular flexibility index (Phi) is 5.21. The summed E-state index contributed by atoms with van der Waals surface area (Å²) in [4.78, 5) is 0. The minimum absolute atomic E-state index is 0.135. The lowest BCUT2D eigenvalue weighted by atomic mass is 10.2. The first-order valence-electron chi connectivity index (χ1n) is 3.99. The van der Waals surface area contributed by atoms with Gasteiger partial charge in [0.05, 0.1) is 9.78 Å². The molecule has 1 rings (SSSR count). The van der Waals surface area contributed by atoms with Crippen molar-refractivity contribution in [3.63, 3.8) is 0 Å². The van der Waals surface area contributed by atoms with Crippen molar-refractivity contribution in [2.24, 2.45) is 15.9 Å². The predicted molar refractivity (Wildman–Crippen MR) is 77.7 cm³/mol. The zero-order valence-electron chi connectivity index (χ0n) is 7.85. The highest BCUT2D eigenvalue weighted by atomic mass is 127. The van der Waals surface area contributed by atoms with Crippen LogP contribution in [0.2, 0.25) is 0 Å². The molecule has 0 saturated carbocycles. The van der Waals surface area contributed by atoms with E-state index in [1.165, 1.54) is 6.21 Å². The van der Waals surface area contributed by atoms with Gasteiger partial charge < -0.3 is 10.8 Å². The summed E-state index contributed by atoms with van der Waals surface area (Å²) in [6, 6.07) is 3.58. The molecule has 5 N–H and O–H groups in total. The van der Waals surface area contributed by atoms with Crippen molar-refractivity contribution < 1.29 is 10.3 Å². The maximum Gasteiger partial charge on any atom is 0.237 e. The number of guanidine groups is 1. The van der Waals surface area contributed by atoms with Gasteiger partial charge >= 0.3 is 0 Å². The number of nitrogens with two attached hydrogens (primary N) is 1. The van der Waals surface area contributed by atoms with Gasteiger partial charge in [0, 0.05) is 9.13 Å². The van der Waals surface area contributed by atoms with E-state index in [0.29, 0.717) is 5.56 Å². The first kappa shape index (κ1) is 13.4. The summed E-state index contributed by atoms with van der Waals surface area (Å²) in [5.41, 5.74) is 7.31. The van der Waals surface area contributed by atoms with E-state index < -0.39 is 0 Å². The van der Waals surface area contributed by atoms with Crippen molar-refractivity contribution in [3.8, 4) is 5.75 Å². The number of phenols is 1. The summed E-state index contributed by atoms with van der Waals surface area (Å²) in [6.07, 6.45) is 1.35. The minimum atomic E-state index is -0.226.